The zero-order chi connectivity index (χ0) is 22.7. The molecule has 3 rings (SSSR count). The van der Waals surface area contributed by atoms with E-state index in [-0.39, 0.29) is 11.8 Å². The SMILES string of the molecule is CC1(C)C(=O)N(C2CCCCC2)C=[N+](C2CCCCC2)C1=O.O=S(=O)([O-])C(F)(F)F. The van der Waals surface area contributed by atoms with Gasteiger partial charge in [-0.25, -0.2) is 18.0 Å². The Morgan fingerprint density at radius 2 is 1.43 bits per heavy atom. The summed E-state index contributed by atoms with van der Waals surface area (Å²) in [5.41, 5.74) is -6.56. The molecule has 7 nitrogen and oxygen atoms in total. The summed E-state index contributed by atoms with van der Waals surface area (Å²) >= 11 is 0. The van der Waals surface area contributed by atoms with Crippen LogP contribution in [0.15, 0.2) is 0 Å². The Balaban J connectivity index is 0.000000343. The maximum absolute atomic E-state index is 12.8. The molecule has 30 heavy (non-hydrogen) atoms. The molecule has 0 aromatic rings. The first kappa shape index (κ1) is 24.8. The van der Waals surface area contributed by atoms with Crippen LogP contribution in [0.5, 0.6) is 0 Å². The summed E-state index contributed by atoms with van der Waals surface area (Å²) in [6, 6.07) is 0.583. The molecule has 0 aromatic heterocycles. The highest BCUT2D eigenvalue weighted by molar-refractivity contribution is 7.86. The number of amides is 2. The third kappa shape index (κ3) is 5.60. The first-order valence-corrected chi connectivity index (χ1v) is 11.7. The Labute approximate surface area is 175 Å². The third-order valence-electron chi connectivity index (χ3n) is 6.01. The zero-order valence-corrected chi connectivity index (χ0v) is 18.1. The van der Waals surface area contributed by atoms with Gasteiger partial charge in [-0.3, -0.25) is 0 Å². The van der Waals surface area contributed by atoms with E-state index in [2.05, 4.69) is 0 Å². The molecule has 0 aromatic carbocycles. The monoisotopic (exact) mass is 454 g/mol. The Morgan fingerprint density at radius 1 is 1.00 bits per heavy atom. The van der Waals surface area contributed by atoms with E-state index < -0.39 is 21.0 Å². The average Bonchev–Trinajstić information content (AvgIpc) is 2.67. The van der Waals surface area contributed by atoms with Crippen molar-refractivity contribution in [2.24, 2.45) is 5.41 Å². The van der Waals surface area contributed by atoms with Crippen molar-refractivity contribution in [3.63, 3.8) is 0 Å². The zero-order valence-electron chi connectivity index (χ0n) is 17.3. The molecule has 0 saturated heterocycles. The van der Waals surface area contributed by atoms with Crippen LogP contribution in [0.1, 0.15) is 78.1 Å². The van der Waals surface area contributed by atoms with Crippen molar-refractivity contribution in [1.29, 1.82) is 0 Å². The molecule has 2 fully saturated rings. The quantitative estimate of drug-likeness (QED) is 0.276. The molecule has 172 valence electrons. The highest BCUT2D eigenvalue weighted by Crippen LogP contribution is 2.32. The van der Waals surface area contributed by atoms with Gasteiger partial charge < -0.3 is 4.55 Å². The molecule has 2 amide bonds. The fourth-order valence-corrected chi connectivity index (χ4v) is 4.21. The topological polar surface area (TPSA) is 97.6 Å². The normalized spacial score (nSPS) is 24.2. The summed E-state index contributed by atoms with van der Waals surface area (Å²) in [4.78, 5) is 27.6. The van der Waals surface area contributed by atoms with Crippen LogP contribution in [0, 0.1) is 5.41 Å². The lowest BCUT2D eigenvalue weighted by Gasteiger charge is -2.36. The van der Waals surface area contributed by atoms with Gasteiger partial charge in [-0.05, 0) is 65.2 Å². The van der Waals surface area contributed by atoms with Gasteiger partial charge in [0, 0.05) is 0 Å². The van der Waals surface area contributed by atoms with Crippen molar-refractivity contribution < 1.29 is 40.3 Å². The van der Waals surface area contributed by atoms with E-state index in [1.165, 1.54) is 38.5 Å². The molecule has 0 unspecified atom stereocenters. The molecular weight excluding hydrogens is 425 g/mol. The Hall–Kier alpha value is -1.49. The minimum Gasteiger partial charge on any atom is -0.741 e. The number of rotatable bonds is 2. The fourth-order valence-electron chi connectivity index (χ4n) is 4.21. The summed E-state index contributed by atoms with van der Waals surface area (Å²) in [7, 11) is -6.09. The van der Waals surface area contributed by atoms with E-state index in [0.717, 1.165) is 25.7 Å². The van der Waals surface area contributed by atoms with Crippen molar-refractivity contribution in [2.45, 2.75) is 95.6 Å². The molecule has 0 radical (unpaired) electrons. The van der Waals surface area contributed by atoms with Crippen LogP contribution in [-0.2, 0) is 19.7 Å². The van der Waals surface area contributed by atoms with Gasteiger partial charge in [-0.15, -0.1) is 0 Å². The molecule has 0 N–H and O–H groups in total. The van der Waals surface area contributed by atoms with E-state index in [9.17, 15) is 22.8 Å². The van der Waals surface area contributed by atoms with E-state index in [1.54, 1.807) is 13.8 Å². The number of hydrogen-bond acceptors (Lipinski definition) is 5. The molecule has 1 aliphatic heterocycles. The number of carbonyl (C=O) groups is 2. The second-order valence-electron chi connectivity index (χ2n) is 8.65. The Bertz CT molecular complexity index is 780. The van der Waals surface area contributed by atoms with E-state index in [0.29, 0.717) is 12.1 Å². The Kier molecular flexibility index (Phi) is 7.71. The maximum Gasteiger partial charge on any atom is 0.485 e. The second kappa shape index (κ2) is 9.33. The van der Waals surface area contributed by atoms with E-state index in [1.807, 2.05) is 15.8 Å². The summed E-state index contributed by atoms with van der Waals surface area (Å²) in [6.45, 7) is 3.60. The van der Waals surface area contributed by atoms with Gasteiger partial charge >= 0.3 is 17.3 Å². The molecule has 11 heteroatoms. The molecule has 3 aliphatic rings. The standard InChI is InChI=1S/C18H29N2O2.CHF3O3S/c1-18(2)16(21)19(14-9-5-3-6-10-14)13-20(17(18)22)15-11-7-4-8-12-15;2-1(3,4)8(5,6)7/h13-15H,3-12H2,1-2H3;(H,5,6,7)/q+1;/p-1. The highest BCUT2D eigenvalue weighted by Gasteiger charge is 2.53. The largest absolute Gasteiger partial charge is 0.741 e. The third-order valence-corrected chi connectivity index (χ3v) is 6.57. The maximum atomic E-state index is 12.8. The van der Waals surface area contributed by atoms with E-state index in [4.69, 9.17) is 13.0 Å². The van der Waals surface area contributed by atoms with E-state index >= 15 is 0 Å². The predicted molar refractivity (Wildman–Crippen MR) is 101 cm³/mol. The molecule has 2 aliphatic carbocycles. The molecule has 2 saturated carbocycles. The Morgan fingerprint density at radius 3 is 1.87 bits per heavy atom. The summed E-state index contributed by atoms with van der Waals surface area (Å²) < 4.78 is 60.8. The molecule has 0 spiro atoms. The lowest BCUT2D eigenvalue weighted by molar-refractivity contribution is -0.501. The van der Waals surface area contributed by atoms with Gasteiger partial charge in [0.05, 0.1) is 0 Å². The number of hydrogen-bond donors (Lipinski definition) is 0. The first-order chi connectivity index (χ1) is 13.8. The first-order valence-electron chi connectivity index (χ1n) is 10.3. The minimum absolute atomic E-state index is 0.00328. The summed E-state index contributed by atoms with van der Waals surface area (Å²) in [5, 5.41) is 0. The van der Waals surface area contributed by atoms with Crippen molar-refractivity contribution in [3.8, 4) is 0 Å². The lowest BCUT2D eigenvalue weighted by Crippen LogP contribution is -2.59. The van der Waals surface area contributed by atoms with Crippen LogP contribution >= 0.6 is 0 Å². The van der Waals surface area contributed by atoms with Crippen LogP contribution in [0.2, 0.25) is 0 Å². The van der Waals surface area contributed by atoms with Crippen LogP contribution in [0.3, 0.4) is 0 Å². The number of halogens is 3. The van der Waals surface area contributed by atoms with Gasteiger partial charge in [0.25, 0.3) is 0 Å². The van der Waals surface area contributed by atoms with Crippen molar-refractivity contribution in [3.05, 3.63) is 0 Å². The summed E-state index contributed by atoms with van der Waals surface area (Å²) in [5.74, 6) is -0.00656. The van der Waals surface area contributed by atoms with Crippen LogP contribution in [0.4, 0.5) is 13.2 Å². The number of nitrogens with zero attached hydrogens (tertiary/aromatic N) is 2. The fraction of sp³-hybridized carbons (Fsp3) is 0.842. The predicted octanol–water partition coefficient (Wildman–Crippen LogP) is 3.14. The van der Waals surface area contributed by atoms with Crippen molar-refractivity contribution in [1.82, 2.24) is 4.90 Å². The molecule has 0 atom stereocenters. The van der Waals surface area contributed by atoms with Crippen molar-refractivity contribution >= 4 is 28.3 Å². The van der Waals surface area contributed by atoms with Gasteiger partial charge in [-0.1, -0.05) is 12.8 Å². The lowest BCUT2D eigenvalue weighted by atomic mass is 9.84. The van der Waals surface area contributed by atoms with Gasteiger partial charge in [0.15, 0.2) is 15.5 Å². The van der Waals surface area contributed by atoms with Gasteiger partial charge in [0.2, 0.25) is 6.34 Å². The molecular formula is C19H29F3N2O5S. The van der Waals surface area contributed by atoms with Crippen LogP contribution < -0.4 is 0 Å². The number of carbonyl (C=O) groups excluding carboxylic acids is 2. The smallest absolute Gasteiger partial charge is 0.485 e. The minimum atomic E-state index is -6.09. The van der Waals surface area contributed by atoms with Crippen molar-refractivity contribution in [2.75, 3.05) is 0 Å². The number of alkyl halides is 3. The van der Waals surface area contributed by atoms with Gasteiger partial charge in [0.1, 0.15) is 12.1 Å². The van der Waals surface area contributed by atoms with Crippen LogP contribution in [-0.4, -0.2) is 58.2 Å². The molecule has 1 heterocycles. The second-order valence-corrected chi connectivity index (χ2v) is 10.0. The summed E-state index contributed by atoms with van der Waals surface area (Å²) in [6.07, 6.45) is 13.5. The molecule has 0 bridgehead atoms. The average molecular weight is 455 g/mol. The van der Waals surface area contributed by atoms with Gasteiger partial charge in [-0.2, -0.15) is 22.6 Å². The van der Waals surface area contributed by atoms with Crippen LogP contribution in [0.25, 0.3) is 0 Å². The highest BCUT2D eigenvalue weighted by atomic mass is 32.2.